The molecule has 0 atom stereocenters. The molecule has 2 rings (SSSR count). The Bertz CT molecular complexity index is 853. The van der Waals surface area contributed by atoms with Gasteiger partial charge in [0.1, 0.15) is 12.3 Å². The Morgan fingerprint density at radius 1 is 1.04 bits per heavy atom. The van der Waals surface area contributed by atoms with Crippen molar-refractivity contribution >= 4 is 46.4 Å². The van der Waals surface area contributed by atoms with Crippen LogP contribution in [-0.4, -0.2) is 31.4 Å². The molecule has 8 heteroatoms. The maximum Gasteiger partial charge on any atom is 0.244 e. The van der Waals surface area contributed by atoms with Crippen molar-refractivity contribution in [2.45, 2.75) is 13.8 Å². The van der Waals surface area contributed by atoms with E-state index in [0.717, 1.165) is 0 Å². The second-order valence-corrected chi connectivity index (χ2v) is 6.16. The number of nitrogens with zero attached hydrogens (tertiary/aromatic N) is 1. The van der Waals surface area contributed by atoms with Gasteiger partial charge in [-0.1, -0.05) is 11.6 Å². The van der Waals surface area contributed by atoms with Crippen LogP contribution < -0.4 is 20.3 Å². The summed E-state index contributed by atoms with van der Waals surface area (Å²) in [6, 6.07) is 11.5. The van der Waals surface area contributed by atoms with Crippen molar-refractivity contribution in [2.75, 3.05) is 29.2 Å². The van der Waals surface area contributed by atoms with E-state index in [-0.39, 0.29) is 18.4 Å². The predicted octanol–water partition coefficient (Wildman–Crippen LogP) is 3.30. The monoisotopic (exact) mass is 389 g/mol. The van der Waals surface area contributed by atoms with Gasteiger partial charge in [-0.15, -0.1) is 0 Å². The Balaban J connectivity index is 2.14. The SMILES string of the molecule is COc1ccc(Cl)cc1NC(=O)CN(C(C)=O)c1ccc(NC(C)=O)cc1. The molecule has 2 aromatic carbocycles. The second-order valence-electron chi connectivity index (χ2n) is 5.73. The highest BCUT2D eigenvalue weighted by Crippen LogP contribution is 2.27. The van der Waals surface area contributed by atoms with Crippen LogP contribution in [0.2, 0.25) is 5.02 Å². The molecule has 0 bridgehead atoms. The number of hydrogen-bond acceptors (Lipinski definition) is 4. The van der Waals surface area contributed by atoms with Crippen molar-refractivity contribution in [2.24, 2.45) is 0 Å². The van der Waals surface area contributed by atoms with E-state index in [9.17, 15) is 14.4 Å². The number of amides is 3. The van der Waals surface area contributed by atoms with Crippen molar-refractivity contribution in [1.29, 1.82) is 0 Å². The van der Waals surface area contributed by atoms with E-state index in [1.54, 1.807) is 42.5 Å². The van der Waals surface area contributed by atoms with Gasteiger partial charge in [-0.3, -0.25) is 14.4 Å². The van der Waals surface area contributed by atoms with Crippen molar-refractivity contribution in [3.05, 3.63) is 47.5 Å². The molecule has 0 spiro atoms. The van der Waals surface area contributed by atoms with Crippen LogP contribution in [0.4, 0.5) is 17.1 Å². The zero-order chi connectivity index (χ0) is 20.0. The van der Waals surface area contributed by atoms with Crippen molar-refractivity contribution in [3.8, 4) is 5.75 Å². The Hall–Kier alpha value is -3.06. The summed E-state index contributed by atoms with van der Waals surface area (Å²) in [5.74, 6) is -0.435. The normalized spacial score (nSPS) is 10.1. The molecule has 0 unspecified atom stereocenters. The highest BCUT2D eigenvalue weighted by atomic mass is 35.5. The smallest absolute Gasteiger partial charge is 0.244 e. The van der Waals surface area contributed by atoms with Crippen LogP contribution in [0.1, 0.15) is 13.8 Å². The Morgan fingerprint density at radius 2 is 1.70 bits per heavy atom. The minimum absolute atomic E-state index is 0.190. The maximum absolute atomic E-state index is 12.4. The fourth-order valence-corrected chi connectivity index (χ4v) is 2.60. The van der Waals surface area contributed by atoms with Gasteiger partial charge in [-0.2, -0.15) is 0 Å². The van der Waals surface area contributed by atoms with Gasteiger partial charge in [0, 0.05) is 30.2 Å². The summed E-state index contributed by atoms with van der Waals surface area (Å²) in [4.78, 5) is 36.8. The molecule has 0 fully saturated rings. The summed E-state index contributed by atoms with van der Waals surface area (Å²) in [7, 11) is 1.48. The average Bonchev–Trinajstić information content (AvgIpc) is 2.60. The van der Waals surface area contributed by atoms with Gasteiger partial charge < -0.3 is 20.3 Å². The van der Waals surface area contributed by atoms with Crippen LogP contribution in [0.3, 0.4) is 0 Å². The highest BCUT2D eigenvalue weighted by molar-refractivity contribution is 6.31. The number of benzene rings is 2. The summed E-state index contributed by atoms with van der Waals surface area (Å²) in [5.41, 5.74) is 1.55. The number of halogens is 1. The summed E-state index contributed by atoms with van der Waals surface area (Å²) in [6.45, 7) is 2.59. The number of ether oxygens (including phenoxy) is 1. The van der Waals surface area contributed by atoms with Gasteiger partial charge in [0.25, 0.3) is 0 Å². The molecule has 27 heavy (non-hydrogen) atoms. The molecule has 0 aliphatic carbocycles. The molecular formula is C19H20ClN3O4. The van der Waals surface area contributed by atoms with Crippen LogP contribution in [0.15, 0.2) is 42.5 Å². The highest BCUT2D eigenvalue weighted by Gasteiger charge is 2.17. The molecule has 0 aromatic heterocycles. The number of anilines is 3. The topological polar surface area (TPSA) is 87.7 Å². The van der Waals surface area contributed by atoms with E-state index < -0.39 is 5.91 Å². The lowest BCUT2D eigenvalue weighted by Gasteiger charge is -2.21. The molecule has 7 nitrogen and oxygen atoms in total. The minimum atomic E-state index is -0.406. The predicted molar refractivity (Wildman–Crippen MR) is 105 cm³/mol. The van der Waals surface area contributed by atoms with Gasteiger partial charge >= 0.3 is 0 Å². The third-order valence-corrected chi connectivity index (χ3v) is 3.85. The number of nitrogens with one attached hydrogen (secondary N) is 2. The lowest BCUT2D eigenvalue weighted by Crippen LogP contribution is -2.36. The first-order valence-corrected chi connectivity index (χ1v) is 8.47. The first-order chi connectivity index (χ1) is 12.8. The third-order valence-electron chi connectivity index (χ3n) is 3.62. The number of hydrogen-bond donors (Lipinski definition) is 2. The molecule has 2 aromatic rings. The van der Waals surface area contributed by atoms with Crippen LogP contribution >= 0.6 is 11.6 Å². The molecule has 0 aliphatic heterocycles. The van der Waals surface area contributed by atoms with E-state index in [1.807, 2.05) is 0 Å². The zero-order valence-corrected chi connectivity index (χ0v) is 16.0. The van der Waals surface area contributed by atoms with Gasteiger partial charge in [0.15, 0.2) is 0 Å². The fraction of sp³-hybridized carbons (Fsp3) is 0.211. The van der Waals surface area contributed by atoms with E-state index >= 15 is 0 Å². The molecule has 142 valence electrons. The van der Waals surface area contributed by atoms with Crippen molar-refractivity contribution < 1.29 is 19.1 Å². The first-order valence-electron chi connectivity index (χ1n) is 8.09. The zero-order valence-electron chi connectivity index (χ0n) is 15.2. The van der Waals surface area contributed by atoms with Gasteiger partial charge in [-0.25, -0.2) is 0 Å². The van der Waals surface area contributed by atoms with E-state index in [0.29, 0.717) is 27.8 Å². The van der Waals surface area contributed by atoms with Crippen LogP contribution in [0.25, 0.3) is 0 Å². The summed E-state index contributed by atoms with van der Waals surface area (Å²) >= 11 is 5.96. The van der Waals surface area contributed by atoms with Gasteiger partial charge in [0.2, 0.25) is 17.7 Å². The quantitative estimate of drug-likeness (QED) is 0.793. The lowest BCUT2D eigenvalue weighted by atomic mass is 10.2. The summed E-state index contributed by atoms with van der Waals surface area (Å²) < 4.78 is 5.19. The van der Waals surface area contributed by atoms with E-state index in [4.69, 9.17) is 16.3 Å². The fourth-order valence-electron chi connectivity index (χ4n) is 2.42. The summed E-state index contributed by atoms with van der Waals surface area (Å²) in [5, 5.41) is 5.79. The summed E-state index contributed by atoms with van der Waals surface area (Å²) in [6.07, 6.45) is 0. The minimum Gasteiger partial charge on any atom is -0.495 e. The Morgan fingerprint density at radius 3 is 2.26 bits per heavy atom. The Kier molecular flexibility index (Phi) is 6.79. The molecule has 0 aliphatic rings. The number of carbonyl (C=O) groups is 3. The van der Waals surface area contributed by atoms with Crippen molar-refractivity contribution in [3.63, 3.8) is 0 Å². The standard InChI is InChI=1S/C19H20ClN3O4/c1-12(24)21-15-5-7-16(8-6-15)23(13(2)25)11-19(26)22-17-10-14(20)4-9-18(17)27-3/h4-10H,11H2,1-3H3,(H,21,24)(H,22,26). The molecule has 0 heterocycles. The maximum atomic E-state index is 12.4. The molecule has 0 saturated carbocycles. The van der Waals surface area contributed by atoms with Gasteiger partial charge in [-0.05, 0) is 42.5 Å². The molecule has 0 radical (unpaired) electrons. The lowest BCUT2D eigenvalue weighted by molar-refractivity contribution is -0.120. The van der Waals surface area contributed by atoms with Crippen LogP contribution in [-0.2, 0) is 14.4 Å². The molecule has 0 saturated heterocycles. The second kappa shape index (κ2) is 9.05. The molecule has 3 amide bonds. The number of methoxy groups -OCH3 is 1. The molecular weight excluding hydrogens is 370 g/mol. The Labute approximate surface area is 162 Å². The van der Waals surface area contributed by atoms with Gasteiger partial charge in [0.05, 0.1) is 12.8 Å². The molecule has 2 N–H and O–H groups in total. The largest absolute Gasteiger partial charge is 0.495 e. The third kappa shape index (κ3) is 5.72. The van der Waals surface area contributed by atoms with Crippen LogP contribution in [0.5, 0.6) is 5.75 Å². The number of carbonyl (C=O) groups excluding carboxylic acids is 3. The van der Waals surface area contributed by atoms with E-state index in [2.05, 4.69) is 10.6 Å². The van der Waals surface area contributed by atoms with Crippen LogP contribution in [0, 0.1) is 0 Å². The number of rotatable bonds is 6. The van der Waals surface area contributed by atoms with Crippen molar-refractivity contribution in [1.82, 2.24) is 0 Å². The van der Waals surface area contributed by atoms with E-state index in [1.165, 1.54) is 25.9 Å². The average molecular weight is 390 g/mol. The first kappa shape index (κ1) is 20.3.